The van der Waals surface area contributed by atoms with Crippen molar-refractivity contribution >= 4 is 56.7 Å². The number of piperazine rings is 1. The molecule has 5 rings (SSSR count). The summed E-state index contributed by atoms with van der Waals surface area (Å²) in [4.78, 5) is 21.2. The summed E-state index contributed by atoms with van der Waals surface area (Å²) in [6.07, 6.45) is -1.34. The van der Waals surface area contributed by atoms with Crippen LogP contribution in [0.2, 0.25) is 5.02 Å². The number of ether oxygens (including phenoxy) is 1. The van der Waals surface area contributed by atoms with Crippen LogP contribution in [0, 0.1) is 0 Å². The van der Waals surface area contributed by atoms with E-state index >= 15 is 0 Å². The number of alkyl halides is 3. The number of thiazole rings is 1. The van der Waals surface area contributed by atoms with Crippen molar-refractivity contribution in [2.45, 2.75) is 51.9 Å². The van der Waals surface area contributed by atoms with Crippen molar-refractivity contribution in [3.8, 4) is 5.88 Å². The van der Waals surface area contributed by atoms with Gasteiger partial charge in [-0.1, -0.05) is 42.0 Å². The zero-order valence-electron chi connectivity index (χ0n) is 24.0. The lowest BCUT2D eigenvalue weighted by molar-refractivity contribution is -0.137. The van der Waals surface area contributed by atoms with Crippen LogP contribution >= 0.6 is 22.9 Å². The van der Waals surface area contributed by atoms with E-state index in [9.17, 15) is 23.1 Å². The third-order valence-electron chi connectivity index (χ3n) is 7.07. The molecule has 1 atom stereocenters. The van der Waals surface area contributed by atoms with Crippen LogP contribution < -0.4 is 4.90 Å². The first-order valence-corrected chi connectivity index (χ1v) is 14.9. The smallest absolute Gasteiger partial charge is 0.417 e. The first kappa shape index (κ1) is 30.7. The Kier molecular flexibility index (Phi) is 8.36. The number of aromatic hydroxyl groups is 1. The highest BCUT2D eigenvalue weighted by Gasteiger charge is 2.35. The Morgan fingerprint density at radius 3 is 2.67 bits per heavy atom. The molecule has 1 amide bonds. The van der Waals surface area contributed by atoms with Gasteiger partial charge >= 0.3 is 12.3 Å². The van der Waals surface area contributed by atoms with E-state index in [1.807, 2.05) is 32.6 Å². The van der Waals surface area contributed by atoms with E-state index in [1.54, 1.807) is 29.3 Å². The summed E-state index contributed by atoms with van der Waals surface area (Å²) in [5.41, 5.74) is 0.0705. The molecular formula is C30H31ClF3N5O3S. The average Bonchev–Trinajstić information content (AvgIpc) is 3.56. The van der Waals surface area contributed by atoms with Gasteiger partial charge < -0.3 is 19.6 Å². The van der Waals surface area contributed by atoms with E-state index in [0.29, 0.717) is 47.2 Å². The van der Waals surface area contributed by atoms with Gasteiger partial charge in [0.1, 0.15) is 10.5 Å². The highest BCUT2D eigenvalue weighted by Crippen LogP contribution is 2.43. The van der Waals surface area contributed by atoms with Crippen molar-refractivity contribution in [3.63, 3.8) is 0 Å². The summed E-state index contributed by atoms with van der Waals surface area (Å²) >= 11 is 7.11. The number of aromatic nitrogens is 3. The van der Waals surface area contributed by atoms with E-state index in [4.69, 9.17) is 16.3 Å². The van der Waals surface area contributed by atoms with Crippen molar-refractivity contribution < 1.29 is 27.8 Å². The number of amides is 1. The molecule has 1 aliphatic rings. The normalized spacial score (nSPS) is 16.7. The molecule has 0 saturated carbocycles. The average molecular weight is 634 g/mol. The number of halogens is 4. The highest BCUT2D eigenvalue weighted by atomic mass is 35.5. The predicted molar refractivity (Wildman–Crippen MR) is 163 cm³/mol. The Hall–Kier alpha value is -3.77. The number of carbonyl (C=O) groups excluding carboxylic acids is 1. The third-order valence-corrected chi connectivity index (χ3v) is 8.42. The molecule has 2 aromatic carbocycles. The van der Waals surface area contributed by atoms with E-state index in [-0.39, 0.29) is 22.5 Å². The van der Waals surface area contributed by atoms with Crippen molar-refractivity contribution in [3.05, 3.63) is 69.2 Å². The molecule has 13 heteroatoms. The SMILES string of the molecule is CCC1CN(C(=O)OC(C)(C)C)CCN1c1nc(O)c(C(=Cc2ccc(Cl)cc2C(F)(F)F)c2ccc3[nH]ncc3c2)s1. The predicted octanol–water partition coefficient (Wildman–Crippen LogP) is 7.82. The van der Waals surface area contributed by atoms with Crippen LogP contribution in [0.1, 0.15) is 55.7 Å². The second-order valence-corrected chi connectivity index (χ2v) is 12.7. The number of anilines is 1. The maximum Gasteiger partial charge on any atom is 0.417 e. The van der Waals surface area contributed by atoms with E-state index in [0.717, 1.165) is 17.0 Å². The van der Waals surface area contributed by atoms with Gasteiger partial charge in [0.25, 0.3) is 0 Å². The van der Waals surface area contributed by atoms with Crippen LogP contribution in [0.3, 0.4) is 0 Å². The maximum atomic E-state index is 14.0. The van der Waals surface area contributed by atoms with Crippen LogP contribution in [-0.2, 0) is 10.9 Å². The molecule has 4 aromatic rings. The second-order valence-electron chi connectivity index (χ2n) is 11.3. The molecular weight excluding hydrogens is 603 g/mol. The van der Waals surface area contributed by atoms with Crippen molar-refractivity contribution in [2.24, 2.45) is 0 Å². The lowest BCUT2D eigenvalue weighted by atomic mass is 9.98. The van der Waals surface area contributed by atoms with Gasteiger partial charge in [0, 0.05) is 41.7 Å². The fraction of sp³-hybridized carbons (Fsp3) is 0.367. The van der Waals surface area contributed by atoms with Gasteiger partial charge in [-0.25, -0.2) is 4.79 Å². The topological polar surface area (TPSA) is 94.6 Å². The summed E-state index contributed by atoms with van der Waals surface area (Å²) in [5.74, 6) is -0.300. The number of benzene rings is 2. The summed E-state index contributed by atoms with van der Waals surface area (Å²) < 4.78 is 47.7. The van der Waals surface area contributed by atoms with Gasteiger partial charge in [-0.3, -0.25) is 5.10 Å². The second kappa shape index (κ2) is 11.7. The van der Waals surface area contributed by atoms with Gasteiger partial charge in [-0.2, -0.15) is 23.3 Å². The minimum absolute atomic E-state index is 0.0371. The van der Waals surface area contributed by atoms with Gasteiger partial charge in [0.05, 0.1) is 17.3 Å². The minimum atomic E-state index is -4.65. The van der Waals surface area contributed by atoms with Gasteiger partial charge in [0.15, 0.2) is 5.13 Å². The molecule has 0 bridgehead atoms. The quantitative estimate of drug-likeness (QED) is 0.218. The molecule has 43 heavy (non-hydrogen) atoms. The molecule has 0 aliphatic carbocycles. The zero-order valence-corrected chi connectivity index (χ0v) is 25.6. The Labute approximate surface area is 255 Å². The zero-order chi connectivity index (χ0) is 31.1. The maximum absolute atomic E-state index is 14.0. The number of nitrogens with zero attached hydrogens (tertiary/aromatic N) is 4. The summed E-state index contributed by atoms with van der Waals surface area (Å²) in [5, 5.41) is 19.3. The molecule has 2 aromatic heterocycles. The standard InChI is InChI=1S/C30H31ClF3N5O3S/c1-5-21-16-38(28(41)42-29(2,3)4)10-11-39(21)27-36-26(40)25(43-27)22(17-7-9-24-19(12-17)15-35-37-24)13-18-6-8-20(31)14-23(18)30(32,33)34/h6-9,12-15,21,40H,5,10-11,16H2,1-4H3,(H,35,37). The monoisotopic (exact) mass is 633 g/mol. The minimum Gasteiger partial charge on any atom is -0.492 e. The number of aromatic amines is 1. The fourth-order valence-electron chi connectivity index (χ4n) is 4.99. The first-order chi connectivity index (χ1) is 20.2. The number of rotatable bonds is 5. The van der Waals surface area contributed by atoms with Crippen molar-refractivity contribution in [2.75, 3.05) is 24.5 Å². The van der Waals surface area contributed by atoms with Crippen LogP contribution in [0.15, 0.2) is 42.6 Å². The fourth-order valence-corrected chi connectivity index (χ4v) is 6.26. The number of fused-ring (bicyclic) bond motifs is 1. The molecule has 2 N–H and O–H groups in total. The number of H-pyrrole nitrogens is 1. The van der Waals surface area contributed by atoms with Gasteiger partial charge in [-0.15, -0.1) is 0 Å². The van der Waals surface area contributed by atoms with E-state index in [1.165, 1.54) is 29.5 Å². The number of nitrogens with one attached hydrogen (secondary N) is 1. The lowest BCUT2D eigenvalue weighted by Crippen LogP contribution is -2.55. The molecule has 0 spiro atoms. The molecule has 0 radical (unpaired) electrons. The molecule has 1 unspecified atom stereocenters. The van der Waals surface area contributed by atoms with Crippen LogP contribution in [0.5, 0.6) is 5.88 Å². The largest absolute Gasteiger partial charge is 0.492 e. The Balaban J connectivity index is 1.56. The Morgan fingerprint density at radius 1 is 1.21 bits per heavy atom. The molecule has 228 valence electrons. The number of carbonyl (C=O) groups is 1. The van der Waals surface area contributed by atoms with Crippen LogP contribution in [-0.4, -0.2) is 62.6 Å². The van der Waals surface area contributed by atoms with Gasteiger partial charge in [0.2, 0.25) is 5.88 Å². The summed E-state index contributed by atoms with van der Waals surface area (Å²) in [6.45, 7) is 8.68. The van der Waals surface area contributed by atoms with E-state index < -0.39 is 23.4 Å². The van der Waals surface area contributed by atoms with Crippen molar-refractivity contribution in [1.82, 2.24) is 20.1 Å². The third kappa shape index (κ3) is 6.75. The summed E-state index contributed by atoms with van der Waals surface area (Å²) in [6, 6.07) is 8.81. The van der Waals surface area contributed by atoms with E-state index in [2.05, 4.69) is 15.2 Å². The molecule has 1 aliphatic heterocycles. The van der Waals surface area contributed by atoms with Gasteiger partial charge in [-0.05, 0) is 68.7 Å². The molecule has 3 heterocycles. The number of hydrogen-bond acceptors (Lipinski definition) is 7. The molecule has 1 saturated heterocycles. The molecule has 1 fully saturated rings. The number of hydrogen-bond donors (Lipinski definition) is 2. The summed E-state index contributed by atoms with van der Waals surface area (Å²) in [7, 11) is 0. The lowest BCUT2D eigenvalue weighted by Gasteiger charge is -2.41. The Morgan fingerprint density at radius 2 is 1.98 bits per heavy atom. The highest BCUT2D eigenvalue weighted by molar-refractivity contribution is 7.17. The first-order valence-electron chi connectivity index (χ1n) is 13.7. The van der Waals surface area contributed by atoms with Crippen LogP contribution in [0.25, 0.3) is 22.6 Å². The van der Waals surface area contributed by atoms with Crippen molar-refractivity contribution in [1.29, 1.82) is 0 Å². The molecule has 8 nitrogen and oxygen atoms in total. The van der Waals surface area contributed by atoms with Crippen LogP contribution in [0.4, 0.5) is 23.1 Å². The Bertz CT molecular complexity index is 1680.